The molecule has 7 nitrogen and oxygen atoms in total. The number of aromatic nitrogens is 2. The van der Waals surface area contributed by atoms with Crippen LogP contribution in [0.3, 0.4) is 0 Å². The van der Waals surface area contributed by atoms with Crippen LogP contribution in [-0.4, -0.2) is 21.8 Å². The summed E-state index contributed by atoms with van der Waals surface area (Å²) in [4.78, 5) is 10.2. The molecule has 1 aromatic heterocycles. The van der Waals surface area contributed by atoms with Crippen LogP contribution in [0.2, 0.25) is 0 Å². The number of methoxy groups -OCH3 is 1. The average molecular weight is 313 g/mol. The highest BCUT2D eigenvalue weighted by molar-refractivity contribution is 5.51. The molecule has 0 saturated carbocycles. The van der Waals surface area contributed by atoms with Gasteiger partial charge < -0.3 is 9.47 Å². The molecule has 9 heteroatoms. The molecule has 118 valence electrons. The first-order valence-corrected chi connectivity index (χ1v) is 6.17. The quantitative estimate of drug-likeness (QED) is 0.624. The van der Waals surface area contributed by atoms with E-state index in [1.54, 1.807) is 0 Å². The number of aryl methyl sites for hydroxylation is 1. The first-order valence-electron chi connectivity index (χ1n) is 6.17. The van der Waals surface area contributed by atoms with Crippen molar-refractivity contribution in [3.8, 4) is 17.4 Å². The van der Waals surface area contributed by atoms with Gasteiger partial charge >= 0.3 is 5.69 Å². The van der Waals surface area contributed by atoms with Crippen molar-refractivity contribution in [2.45, 2.75) is 13.3 Å². The zero-order valence-corrected chi connectivity index (χ0v) is 12.0. The Balaban J connectivity index is 2.36. The average Bonchev–Trinajstić information content (AvgIpc) is 2.72. The predicted molar refractivity (Wildman–Crippen MR) is 72.6 cm³/mol. The molecule has 0 N–H and O–H groups in total. The van der Waals surface area contributed by atoms with Crippen LogP contribution in [0.15, 0.2) is 18.2 Å². The molecule has 0 aliphatic rings. The van der Waals surface area contributed by atoms with Crippen molar-refractivity contribution in [1.29, 1.82) is 0 Å². The van der Waals surface area contributed by atoms with Gasteiger partial charge in [0.05, 0.1) is 12.0 Å². The largest absolute Gasteiger partial charge is 0.490 e. The van der Waals surface area contributed by atoms with Crippen LogP contribution >= 0.6 is 0 Å². The summed E-state index contributed by atoms with van der Waals surface area (Å²) in [5.41, 5.74) is -0.264. The van der Waals surface area contributed by atoms with Gasteiger partial charge in [0.1, 0.15) is 11.4 Å². The van der Waals surface area contributed by atoms with Crippen molar-refractivity contribution < 1.29 is 23.2 Å². The molecular weight excluding hydrogens is 300 g/mol. The van der Waals surface area contributed by atoms with Crippen LogP contribution in [0.4, 0.5) is 14.5 Å². The molecule has 22 heavy (non-hydrogen) atoms. The Labute approximate surface area is 124 Å². The Bertz CT molecular complexity index is 716. The lowest BCUT2D eigenvalue weighted by Gasteiger charge is -2.06. The standard InChI is InChI=1S/C13H13F2N3O4/c1-7-11(12(14)15)17(2)16-13(7)22-8-4-5-9(18(19)20)10(6-8)21-3/h4-6,12H,1-3H3. The van der Waals surface area contributed by atoms with Gasteiger partial charge in [0.2, 0.25) is 11.6 Å². The van der Waals surface area contributed by atoms with E-state index < -0.39 is 11.3 Å². The Hall–Kier alpha value is -2.71. The molecule has 0 aliphatic heterocycles. The lowest BCUT2D eigenvalue weighted by Crippen LogP contribution is -1.99. The highest BCUT2D eigenvalue weighted by Crippen LogP contribution is 2.35. The summed E-state index contributed by atoms with van der Waals surface area (Å²) in [5.74, 6) is 0.211. The molecule has 0 aliphatic carbocycles. The van der Waals surface area contributed by atoms with Crippen LogP contribution in [-0.2, 0) is 7.05 Å². The summed E-state index contributed by atoms with van der Waals surface area (Å²) < 4.78 is 37.2. The van der Waals surface area contributed by atoms with Gasteiger partial charge in [-0.05, 0) is 13.0 Å². The molecule has 0 fully saturated rings. The third-order valence-electron chi connectivity index (χ3n) is 3.06. The fourth-order valence-electron chi connectivity index (χ4n) is 2.00. The molecule has 0 saturated heterocycles. The van der Waals surface area contributed by atoms with Gasteiger partial charge in [-0.2, -0.15) is 0 Å². The van der Waals surface area contributed by atoms with Crippen LogP contribution in [0, 0.1) is 17.0 Å². The van der Waals surface area contributed by atoms with Crippen LogP contribution < -0.4 is 9.47 Å². The SMILES string of the molecule is COc1cc(Oc2nn(C)c(C(F)F)c2C)ccc1[N+](=O)[O-]. The Morgan fingerprint density at radius 1 is 1.41 bits per heavy atom. The maximum absolute atomic E-state index is 12.9. The molecule has 1 aromatic carbocycles. The highest BCUT2D eigenvalue weighted by Gasteiger charge is 2.22. The van der Waals surface area contributed by atoms with E-state index in [1.165, 1.54) is 39.3 Å². The second kappa shape index (κ2) is 5.96. The number of halogens is 2. The van der Waals surface area contributed by atoms with E-state index in [9.17, 15) is 18.9 Å². The third-order valence-corrected chi connectivity index (χ3v) is 3.06. The molecule has 0 amide bonds. The van der Waals surface area contributed by atoms with Crippen molar-refractivity contribution in [1.82, 2.24) is 9.78 Å². The number of nitro benzene ring substituents is 1. The van der Waals surface area contributed by atoms with Gasteiger partial charge in [0.15, 0.2) is 0 Å². The lowest BCUT2D eigenvalue weighted by molar-refractivity contribution is -0.385. The van der Waals surface area contributed by atoms with Gasteiger partial charge in [-0.15, -0.1) is 5.10 Å². The lowest BCUT2D eigenvalue weighted by atomic mass is 10.2. The van der Waals surface area contributed by atoms with E-state index in [1.807, 2.05) is 0 Å². The predicted octanol–water partition coefficient (Wildman–Crippen LogP) is 3.38. The van der Waals surface area contributed by atoms with Crippen molar-refractivity contribution in [2.24, 2.45) is 7.05 Å². The molecule has 0 radical (unpaired) electrons. The zero-order valence-electron chi connectivity index (χ0n) is 12.0. The maximum Gasteiger partial charge on any atom is 0.311 e. The fourth-order valence-corrected chi connectivity index (χ4v) is 2.00. The Morgan fingerprint density at radius 3 is 2.59 bits per heavy atom. The van der Waals surface area contributed by atoms with E-state index in [2.05, 4.69) is 5.10 Å². The normalized spacial score (nSPS) is 10.8. The minimum atomic E-state index is -2.68. The number of nitrogens with zero attached hydrogens (tertiary/aromatic N) is 3. The Kier molecular flexibility index (Phi) is 4.25. The number of hydrogen-bond donors (Lipinski definition) is 0. The molecular formula is C13H13F2N3O4. The molecule has 0 bridgehead atoms. The van der Waals surface area contributed by atoms with E-state index in [4.69, 9.17) is 9.47 Å². The van der Waals surface area contributed by atoms with Crippen molar-refractivity contribution in [2.75, 3.05) is 7.11 Å². The van der Waals surface area contributed by atoms with Crippen LogP contribution in [0.25, 0.3) is 0 Å². The molecule has 2 aromatic rings. The zero-order chi connectivity index (χ0) is 16.4. The summed E-state index contributed by atoms with van der Waals surface area (Å²) in [5, 5.41) is 14.7. The van der Waals surface area contributed by atoms with Gasteiger partial charge in [-0.1, -0.05) is 0 Å². The fraction of sp³-hybridized carbons (Fsp3) is 0.308. The first-order chi connectivity index (χ1) is 10.3. The second-order valence-electron chi connectivity index (χ2n) is 4.43. The van der Waals surface area contributed by atoms with Crippen LogP contribution in [0.1, 0.15) is 17.7 Å². The van der Waals surface area contributed by atoms with Gasteiger partial charge in [-0.3, -0.25) is 14.8 Å². The first kappa shape index (κ1) is 15.7. The molecule has 2 rings (SSSR count). The van der Waals surface area contributed by atoms with E-state index in [0.29, 0.717) is 0 Å². The van der Waals surface area contributed by atoms with Gasteiger partial charge in [0, 0.05) is 24.7 Å². The molecule has 0 atom stereocenters. The molecule has 0 unspecified atom stereocenters. The third kappa shape index (κ3) is 2.83. The van der Waals surface area contributed by atoms with Gasteiger partial charge in [0.25, 0.3) is 6.43 Å². The van der Waals surface area contributed by atoms with Crippen molar-refractivity contribution in [3.05, 3.63) is 39.6 Å². The second-order valence-corrected chi connectivity index (χ2v) is 4.43. The summed E-state index contributed by atoms with van der Waals surface area (Å²) in [6.07, 6.45) is -2.68. The number of hydrogen-bond acceptors (Lipinski definition) is 5. The maximum atomic E-state index is 12.9. The summed E-state index contributed by atoms with van der Waals surface area (Å²) in [6, 6.07) is 3.85. The van der Waals surface area contributed by atoms with Gasteiger partial charge in [-0.25, -0.2) is 8.78 Å². The van der Waals surface area contributed by atoms with Crippen molar-refractivity contribution in [3.63, 3.8) is 0 Å². The minimum Gasteiger partial charge on any atom is -0.490 e. The van der Waals surface area contributed by atoms with E-state index >= 15 is 0 Å². The number of alkyl halides is 2. The molecule has 1 heterocycles. The van der Waals surface area contributed by atoms with E-state index in [0.717, 1.165) is 4.68 Å². The van der Waals surface area contributed by atoms with Crippen LogP contribution in [0.5, 0.6) is 17.4 Å². The minimum absolute atomic E-state index is 0.00478. The summed E-state index contributed by atoms with van der Waals surface area (Å²) in [6.45, 7) is 1.46. The summed E-state index contributed by atoms with van der Waals surface area (Å²) in [7, 11) is 2.67. The summed E-state index contributed by atoms with van der Waals surface area (Å²) >= 11 is 0. The smallest absolute Gasteiger partial charge is 0.311 e. The molecule has 0 spiro atoms. The monoisotopic (exact) mass is 313 g/mol. The highest BCUT2D eigenvalue weighted by atomic mass is 19.3. The Morgan fingerprint density at radius 2 is 2.09 bits per heavy atom. The van der Waals surface area contributed by atoms with Crippen molar-refractivity contribution >= 4 is 5.69 Å². The number of nitro groups is 1. The number of ether oxygens (including phenoxy) is 2. The topological polar surface area (TPSA) is 79.4 Å². The van der Waals surface area contributed by atoms with E-state index in [-0.39, 0.29) is 34.3 Å². The number of rotatable bonds is 5. The number of benzene rings is 1.